The van der Waals surface area contributed by atoms with E-state index < -0.39 is 0 Å². The molecule has 0 unspecified atom stereocenters. The van der Waals surface area contributed by atoms with E-state index in [1.807, 2.05) is 25.1 Å². The summed E-state index contributed by atoms with van der Waals surface area (Å²) in [7, 11) is 0. The Bertz CT molecular complexity index is 481. The maximum absolute atomic E-state index is 6.06. The molecule has 1 aromatic carbocycles. The van der Waals surface area contributed by atoms with Gasteiger partial charge in [-0.2, -0.15) is 4.98 Å². The van der Waals surface area contributed by atoms with Crippen molar-refractivity contribution >= 4 is 11.6 Å². The van der Waals surface area contributed by atoms with Gasteiger partial charge < -0.3 is 10.3 Å². The van der Waals surface area contributed by atoms with Crippen molar-refractivity contribution < 1.29 is 4.52 Å². The molecule has 0 aliphatic rings. The fourth-order valence-corrected chi connectivity index (χ4v) is 1.57. The minimum Gasteiger partial charge on any atom is -0.338 e. The van der Waals surface area contributed by atoms with Gasteiger partial charge in [0, 0.05) is 5.56 Å². The van der Waals surface area contributed by atoms with Crippen LogP contribution in [-0.4, -0.2) is 10.1 Å². The van der Waals surface area contributed by atoms with Crippen LogP contribution in [0.15, 0.2) is 22.7 Å². The largest absolute Gasteiger partial charge is 0.338 e. The summed E-state index contributed by atoms with van der Waals surface area (Å²) in [4.78, 5) is 4.10. The zero-order valence-electron chi connectivity index (χ0n) is 8.20. The summed E-state index contributed by atoms with van der Waals surface area (Å²) in [5, 5.41) is 4.41. The molecule has 4 nitrogen and oxygen atoms in total. The number of hydrogen-bond donors (Lipinski definition) is 1. The van der Waals surface area contributed by atoms with Crippen LogP contribution in [0.3, 0.4) is 0 Å². The van der Waals surface area contributed by atoms with Crippen molar-refractivity contribution in [3.8, 4) is 11.4 Å². The smallest absolute Gasteiger partial charge is 0.240 e. The van der Waals surface area contributed by atoms with E-state index in [1.165, 1.54) is 0 Å². The third kappa shape index (κ3) is 2.00. The van der Waals surface area contributed by atoms with Crippen molar-refractivity contribution in [3.63, 3.8) is 0 Å². The van der Waals surface area contributed by atoms with Crippen molar-refractivity contribution in [1.82, 2.24) is 10.1 Å². The Morgan fingerprint density at radius 1 is 1.47 bits per heavy atom. The van der Waals surface area contributed by atoms with Gasteiger partial charge in [0.2, 0.25) is 11.7 Å². The summed E-state index contributed by atoms with van der Waals surface area (Å²) < 4.78 is 4.91. The first kappa shape index (κ1) is 10.1. The molecule has 2 aromatic rings. The Kier molecular flexibility index (Phi) is 2.70. The maximum atomic E-state index is 6.06. The van der Waals surface area contributed by atoms with Crippen LogP contribution in [-0.2, 0) is 6.54 Å². The molecule has 0 aliphatic heterocycles. The van der Waals surface area contributed by atoms with Crippen LogP contribution in [0.1, 0.15) is 11.5 Å². The number of nitrogens with zero attached hydrogens (tertiary/aromatic N) is 2. The van der Waals surface area contributed by atoms with Crippen LogP contribution in [0.4, 0.5) is 0 Å². The van der Waals surface area contributed by atoms with Crippen molar-refractivity contribution in [3.05, 3.63) is 34.7 Å². The van der Waals surface area contributed by atoms with Crippen molar-refractivity contribution in [2.24, 2.45) is 5.73 Å². The minimum absolute atomic E-state index is 0.233. The van der Waals surface area contributed by atoms with Gasteiger partial charge in [-0.15, -0.1) is 0 Å². The van der Waals surface area contributed by atoms with Gasteiger partial charge in [0.15, 0.2) is 0 Å². The molecule has 0 bridgehead atoms. The van der Waals surface area contributed by atoms with Crippen molar-refractivity contribution in [2.75, 3.05) is 0 Å². The lowest BCUT2D eigenvalue weighted by Crippen LogP contribution is -1.95. The Morgan fingerprint density at radius 2 is 2.27 bits per heavy atom. The Balaban J connectivity index is 2.44. The predicted molar refractivity (Wildman–Crippen MR) is 57.4 cm³/mol. The molecule has 2 N–H and O–H groups in total. The molecule has 2 rings (SSSR count). The van der Waals surface area contributed by atoms with E-state index in [1.54, 1.807) is 0 Å². The quantitative estimate of drug-likeness (QED) is 0.847. The van der Waals surface area contributed by atoms with Crippen LogP contribution in [0, 0.1) is 6.92 Å². The number of hydrogen-bond acceptors (Lipinski definition) is 4. The van der Waals surface area contributed by atoms with Gasteiger partial charge >= 0.3 is 0 Å². The first-order valence-electron chi connectivity index (χ1n) is 4.50. The SMILES string of the molecule is Cc1ccc(-c2noc(CN)n2)c(Cl)c1. The van der Waals surface area contributed by atoms with E-state index in [-0.39, 0.29) is 6.54 Å². The van der Waals surface area contributed by atoms with E-state index in [0.29, 0.717) is 16.7 Å². The Labute approximate surface area is 92.0 Å². The second-order valence-electron chi connectivity index (χ2n) is 3.20. The summed E-state index contributed by atoms with van der Waals surface area (Å²) in [6.07, 6.45) is 0. The highest BCUT2D eigenvalue weighted by Crippen LogP contribution is 2.26. The summed E-state index contributed by atoms with van der Waals surface area (Å²) in [5.41, 5.74) is 7.22. The number of rotatable bonds is 2. The Morgan fingerprint density at radius 3 is 2.87 bits per heavy atom. The standard InChI is InChI=1S/C10H10ClN3O/c1-6-2-3-7(8(11)4-6)10-13-9(5-12)15-14-10/h2-4H,5,12H2,1H3. The van der Waals surface area contributed by atoms with Gasteiger partial charge in [0.25, 0.3) is 0 Å². The lowest BCUT2D eigenvalue weighted by Gasteiger charge is -1.99. The molecule has 0 atom stereocenters. The van der Waals surface area contributed by atoms with Crippen molar-refractivity contribution in [2.45, 2.75) is 13.5 Å². The topological polar surface area (TPSA) is 64.9 Å². The van der Waals surface area contributed by atoms with E-state index in [2.05, 4.69) is 10.1 Å². The molecule has 0 amide bonds. The molecule has 0 radical (unpaired) electrons. The van der Waals surface area contributed by atoms with Gasteiger partial charge in [0.05, 0.1) is 11.6 Å². The Hall–Kier alpha value is -1.39. The van der Waals surface area contributed by atoms with Gasteiger partial charge in [-0.3, -0.25) is 0 Å². The number of aryl methyl sites for hydroxylation is 1. The fourth-order valence-electron chi connectivity index (χ4n) is 1.25. The van der Waals surface area contributed by atoms with Crippen LogP contribution >= 0.6 is 11.6 Å². The van der Waals surface area contributed by atoms with Crippen LogP contribution in [0.2, 0.25) is 5.02 Å². The molecule has 78 valence electrons. The normalized spacial score (nSPS) is 10.6. The zero-order chi connectivity index (χ0) is 10.8. The summed E-state index contributed by atoms with van der Waals surface area (Å²) >= 11 is 6.06. The minimum atomic E-state index is 0.233. The molecule has 5 heteroatoms. The van der Waals surface area contributed by atoms with Gasteiger partial charge in [0.1, 0.15) is 0 Å². The lowest BCUT2D eigenvalue weighted by atomic mass is 10.1. The second kappa shape index (κ2) is 4.00. The molecular weight excluding hydrogens is 214 g/mol. The van der Waals surface area contributed by atoms with E-state index in [0.717, 1.165) is 11.1 Å². The molecule has 0 saturated heterocycles. The zero-order valence-corrected chi connectivity index (χ0v) is 8.95. The fraction of sp³-hybridized carbons (Fsp3) is 0.200. The summed E-state index contributed by atoms with van der Waals surface area (Å²) in [6, 6.07) is 5.66. The van der Waals surface area contributed by atoms with E-state index in [9.17, 15) is 0 Å². The molecular formula is C10H10ClN3O. The van der Waals surface area contributed by atoms with Crippen LogP contribution in [0.25, 0.3) is 11.4 Å². The molecule has 1 aromatic heterocycles. The average Bonchev–Trinajstić information content (AvgIpc) is 2.66. The summed E-state index contributed by atoms with van der Waals surface area (Å²) in [5.74, 6) is 0.877. The molecule has 0 fully saturated rings. The highest BCUT2D eigenvalue weighted by atomic mass is 35.5. The van der Waals surface area contributed by atoms with Gasteiger partial charge in [-0.1, -0.05) is 22.8 Å². The molecule has 1 heterocycles. The van der Waals surface area contributed by atoms with E-state index >= 15 is 0 Å². The number of aromatic nitrogens is 2. The molecule has 15 heavy (non-hydrogen) atoms. The average molecular weight is 224 g/mol. The molecule has 0 spiro atoms. The highest BCUT2D eigenvalue weighted by molar-refractivity contribution is 6.33. The van der Waals surface area contributed by atoms with E-state index in [4.69, 9.17) is 21.9 Å². The third-order valence-electron chi connectivity index (χ3n) is 2.01. The first-order valence-corrected chi connectivity index (χ1v) is 4.87. The molecule has 0 aliphatic carbocycles. The molecule has 0 saturated carbocycles. The van der Waals surface area contributed by atoms with Gasteiger partial charge in [-0.25, -0.2) is 0 Å². The van der Waals surface area contributed by atoms with Gasteiger partial charge in [-0.05, 0) is 24.6 Å². The number of nitrogens with two attached hydrogens (primary N) is 1. The number of benzene rings is 1. The van der Waals surface area contributed by atoms with Crippen LogP contribution in [0.5, 0.6) is 0 Å². The monoisotopic (exact) mass is 223 g/mol. The van der Waals surface area contributed by atoms with Crippen LogP contribution < -0.4 is 5.73 Å². The maximum Gasteiger partial charge on any atom is 0.240 e. The summed E-state index contributed by atoms with van der Waals surface area (Å²) in [6.45, 7) is 2.20. The highest BCUT2D eigenvalue weighted by Gasteiger charge is 2.10. The third-order valence-corrected chi connectivity index (χ3v) is 2.32. The number of halogens is 1. The van der Waals surface area contributed by atoms with Crippen molar-refractivity contribution in [1.29, 1.82) is 0 Å². The predicted octanol–water partition coefficient (Wildman–Crippen LogP) is 2.16. The lowest BCUT2D eigenvalue weighted by molar-refractivity contribution is 0.380. The second-order valence-corrected chi connectivity index (χ2v) is 3.61. The first-order chi connectivity index (χ1) is 7.20.